The molecule has 0 aliphatic carbocycles. The summed E-state index contributed by atoms with van der Waals surface area (Å²) in [5.41, 5.74) is 0.553. The third-order valence-corrected chi connectivity index (χ3v) is 2.75. The van der Waals surface area contributed by atoms with Gasteiger partial charge in [-0.3, -0.25) is 10.1 Å². The topological polar surface area (TPSA) is 52.4 Å². The summed E-state index contributed by atoms with van der Waals surface area (Å²) in [5, 5.41) is 10.8. The van der Waals surface area contributed by atoms with Crippen molar-refractivity contribution in [3.63, 3.8) is 0 Å². The summed E-state index contributed by atoms with van der Waals surface area (Å²) >= 11 is 5.69. The number of nitrogens with zero attached hydrogens (tertiary/aromatic N) is 1. The van der Waals surface area contributed by atoms with Crippen molar-refractivity contribution in [2.75, 3.05) is 0 Å². The van der Waals surface area contributed by atoms with E-state index in [4.69, 9.17) is 16.3 Å². The van der Waals surface area contributed by atoms with Gasteiger partial charge in [0.15, 0.2) is 0 Å². The highest BCUT2D eigenvalue weighted by molar-refractivity contribution is 6.32. The van der Waals surface area contributed by atoms with Crippen LogP contribution in [0.1, 0.15) is 5.56 Å². The second-order valence-corrected chi connectivity index (χ2v) is 4.19. The maximum absolute atomic E-state index is 12.7. The third-order valence-electron chi connectivity index (χ3n) is 2.43. The quantitative estimate of drug-likeness (QED) is 0.629. The lowest BCUT2D eigenvalue weighted by molar-refractivity contribution is -0.384. The van der Waals surface area contributed by atoms with Gasteiger partial charge in [0.25, 0.3) is 5.69 Å². The lowest BCUT2D eigenvalue weighted by Gasteiger charge is -2.06. The molecule has 0 aliphatic rings. The molecule has 2 rings (SSSR count). The van der Waals surface area contributed by atoms with Gasteiger partial charge in [-0.2, -0.15) is 0 Å². The van der Waals surface area contributed by atoms with Gasteiger partial charge in [0.1, 0.15) is 23.2 Å². The van der Waals surface area contributed by atoms with Crippen molar-refractivity contribution in [2.45, 2.75) is 6.61 Å². The van der Waals surface area contributed by atoms with Crippen LogP contribution >= 0.6 is 11.6 Å². The van der Waals surface area contributed by atoms with E-state index in [-0.39, 0.29) is 23.1 Å². The van der Waals surface area contributed by atoms with Crippen LogP contribution in [0.4, 0.5) is 10.1 Å². The van der Waals surface area contributed by atoms with E-state index in [9.17, 15) is 14.5 Å². The molecule has 0 saturated heterocycles. The molecule has 2 aromatic carbocycles. The first-order valence-corrected chi connectivity index (χ1v) is 5.75. The van der Waals surface area contributed by atoms with Crippen molar-refractivity contribution in [3.8, 4) is 5.75 Å². The molecule has 2 aromatic rings. The normalized spacial score (nSPS) is 10.2. The lowest BCUT2D eigenvalue weighted by Crippen LogP contribution is -1.97. The zero-order valence-corrected chi connectivity index (χ0v) is 10.4. The van der Waals surface area contributed by atoms with Crippen molar-refractivity contribution in [1.29, 1.82) is 0 Å². The van der Waals surface area contributed by atoms with Gasteiger partial charge in [-0.15, -0.1) is 0 Å². The van der Waals surface area contributed by atoms with Crippen LogP contribution in [0.25, 0.3) is 0 Å². The molecule has 19 heavy (non-hydrogen) atoms. The number of hydrogen-bond acceptors (Lipinski definition) is 3. The van der Waals surface area contributed by atoms with E-state index in [0.717, 1.165) is 5.56 Å². The van der Waals surface area contributed by atoms with Crippen LogP contribution in [0.2, 0.25) is 5.02 Å². The zero-order valence-electron chi connectivity index (χ0n) is 9.68. The molecule has 0 radical (unpaired) electrons. The Morgan fingerprint density at radius 3 is 2.53 bits per heavy atom. The first kappa shape index (κ1) is 13.3. The van der Waals surface area contributed by atoms with Crippen molar-refractivity contribution in [1.82, 2.24) is 0 Å². The predicted octanol–water partition coefficient (Wildman–Crippen LogP) is 3.97. The van der Waals surface area contributed by atoms with Crippen molar-refractivity contribution in [2.24, 2.45) is 0 Å². The van der Waals surface area contributed by atoms with Gasteiger partial charge >= 0.3 is 0 Å². The number of rotatable bonds is 4. The van der Waals surface area contributed by atoms with E-state index in [0.29, 0.717) is 5.75 Å². The Labute approximate surface area is 113 Å². The standard InChI is InChI=1S/C13H9ClFNO3/c14-12-6-5-11(7-13(12)16(17)18)19-8-9-1-3-10(15)4-2-9/h1-7H,8H2. The van der Waals surface area contributed by atoms with Crippen molar-refractivity contribution < 1.29 is 14.1 Å². The molecule has 0 N–H and O–H groups in total. The van der Waals surface area contributed by atoms with Crippen LogP contribution in [0.15, 0.2) is 42.5 Å². The lowest BCUT2D eigenvalue weighted by atomic mass is 10.2. The molecule has 0 bridgehead atoms. The fourth-order valence-corrected chi connectivity index (χ4v) is 1.66. The minimum absolute atomic E-state index is 0.0548. The minimum atomic E-state index is -0.576. The Hall–Kier alpha value is -2.14. The van der Waals surface area contributed by atoms with E-state index in [1.165, 1.54) is 24.3 Å². The van der Waals surface area contributed by atoms with Crippen molar-refractivity contribution >= 4 is 17.3 Å². The van der Waals surface area contributed by atoms with Gasteiger partial charge in [0.2, 0.25) is 0 Å². The molecule has 6 heteroatoms. The van der Waals surface area contributed by atoms with Crippen LogP contribution in [-0.4, -0.2) is 4.92 Å². The molecular weight excluding hydrogens is 273 g/mol. The third kappa shape index (κ3) is 3.42. The average molecular weight is 282 g/mol. The number of nitro benzene ring substituents is 1. The number of benzene rings is 2. The molecule has 0 spiro atoms. The molecule has 0 atom stereocenters. The van der Waals surface area contributed by atoms with Gasteiger partial charge in [-0.05, 0) is 29.8 Å². The first-order valence-electron chi connectivity index (χ1n) is 5.37. The highest BCUT2D eigenvalue weighted by Gasteiger charge is 2.13. The maximum Gasteiger partial charge on any atom is 0.291 e. The van der Waals surface area contributed by atoms with E-state index in [1.54, 1.807) is 18.2 Å². The summed E-state index contributed by atoms with van der Waals surface area (Å²) < 4.78 is 18.1. The number of hydrogen-bond donors (Lipinski definition) is 0. The molecule has 4 nitrogen and oxygen atoms in total. The molecule has 98 valence electrons. The smallest absolute Gasteiger partial charge is 0.291 e. The largest absolute Gasteiger partial charge is 0.489 e. The second-order valence-electron chi connectivity index (χ2n) is 3.79. The zero-order chi connectivity index (χ0) is 13.8. The van der Waals surface area contributed by atoms with E-state index < -0.39 is 4.92 Å². The average Bonchev–Trinajstić information content (AvgIpc) is 2.39. The molecule has 0 fully saturated rings. The highest BCUT2D eigenvalue weighted by Crippen LogP contribution is 2.28. The fourth-order valence-electron chi connectivity index (χ4n) is 1.47. The SMILES string of the molecule is O=[N+]([O-])c1cc(OCc2ccc(F)cc2)ccc1Cl. The monoisotopic (exact) mass is 281 g/mol. The molecule has 0 aromatic heterocycles. The summed E-state index contributed by atoms with van der Waals surface area (Å²) in [6.45, 7) is 0.194. The van der Waals surface area contributed by atoms with Crippen LogP contribution in [-0.2, 0) is 6.61 Å². The summed E-state index contributed by atoms with van der Waals surface area (Å²) in [6, 6.07) is 10.0. The number of ether oxygens (including phenoxy) is 1. The maximum atomic E-state index is 12.7. The Balaban J connectivity index is 2.09. The molecular formula is C13H9ClFNO3. The fraction of sp³-hybridized carbons (Fsp3) is 0.0769. The van der Waals surface area contributed by atoms with Gasteiger partial charge in [-0.1, -0.05) is 23.7 Å². The van der Waals surface area contributed by atoms with Crippen LogP contribution in [0.3, 0.4) is 0 Å². The van der Waals surface area contributed by atoms with Crippen molar-refractivity contribution in [3.05, 3.63) is 69.0 Å². The summed E-state index contributed by atoms with van der Waals surface area (Å²) in [4.78, 5) is 10.1. The van der Waals surface area contributed by atoms with Gasteiger partial charge in [0.05, 0.1) is 11.0 Å². The number of halogens is 2. The number of nitro groups is 1. The predicted molar refractivity (Wildman–Crippen MR) is 68.8 cm³/mol. The first-order chi connectivity index (χ1) is 9.06. The van der Waals surface area contributed by atoms with Crippen LogP contribution in [0, 0.1) is 15.9 Å². The van der Waals surface area contributed by atoms with Crippen LogP contribution in [0.5, 0.6) is 5.75 Å². The summed E-state index contributed by atoms with van der Waals surface area (Å²) in [7, 11) is 0. The van der Waals surface area contributed by atoms with E-state index in [1.807, 2.05) is 0 Å². The Kier molecular flexibility index (Phi) is 3.97. The Morgan fingerprint density at radius 2 is 1.89 bits per heavy atom. The molecule has 0 heterocycles. The van der Waals surface area contributed by atoms with Gasteiger partial charge in [-0.25, -0.2) is 4.39 Å². The highest BCUT2D eigenvalue weighted by atomic mass is 35.5. The molecule has 0 saturated carbocycles. The minimum Gasteiger partial charge on any atom is -0.489 e. The molecule has 0 aliphatic heterocycles. The Morgan fingerprint density at radius 1 is 1.21 bits per heavy atom. The van der Waals surface area contributed by atoms with E-state index in [2.05, 4.69) is 0 Å². The van der Waals surface area contributed by atoms with Crippen LogP contribution < -0.4 is 4.74 Å². The summed E-state index contributed by atoms with van der Waals surface area (Å²) in [5.74, 6) is 0.00584. The van der Waals surface area contributed by atoms with Gasteiger partial charge in [0, 0.05) is 0 Å². The summed E-state index contributed by atoms with van der Waals surface area (Å²) in [6.07, 6.45) is 0. The van der Waals surface area contributed by atoms with E-state index >= 15 is 0 Å². The van der Waals surface area contributed by atoms with Gasteiger partial charge < -0.3 is 4.74 Å². The Bertz CT molecular complexity index is 601. The molecule has 0 unspecified atom stereocenters. The second kappa shape index (κ2) is 5.67. The molecule has 0 amide bonds.